The minimum absolute atomic E-state index is 0.122. The fraction of sp³-hybridized carbons (Fsp3) is 0.241. The van der Waals surface area contributed by atoms with Crippen LogP contribution < -0.4 is 4.90 Å². The van der Waals surface area contributed by atoms with Crippen molar-refractivity contribution in [3.63, 3.8) is 0 Å². The van der Waals surface area contributed by atoms with Crippen LogP contribution in [0.25, 0.3) is 11.1 Å². The Bertz CT molecular complexity index is 1300. The average molecular weight is 499 g/mol. The van der Waals surface area contributed by atoms with Crippen LogP contribution in [0.4, 0.5) is 5.69 Å². The molecule has 2 aliphatic rings. The zero-order valence-electron chi connectivity index (χ0n) is 20.2. The lowest BCUT2D eigenvalue weighted by Crippen LogP contribution is -2.47. The molecule has 0 saturated carbocycles. The standard InChI is InChI=1S/C29H26N2O6/c32-26(22-8-6-21(7-9-22)20-4-2-1-3-5-20)19-37-29(35)23-10-12-24(13-11-23)31-27(33)18-25(28(31)34)30-14-16-36-17-15-30/h1-13,25H,14-19H2. The smallest absolute Gasteiger partial charge is 0.338 e. The van der Waals surface area contributed by atoms with Crippen molar-refractivity contribution < 1.29 is 28.7 Å². The summed E-state index contributed by atoms with van der Waals surface area (Å²) in [4.78, 5) is 53.7. The molecule has 188 valence electrons. The van der Waals surface area contributed by atoms with Crippen molar-refractivity contribution in [3.05, 3.63) is 90.0 Å². The van der Waals surface area contributed by atoms with Crippen LogP contribution in [0.2, 0.25) is 0 Å². The number of imide groups is 1. The highest BCUT2D eigenvalue weighted by molar-refractivity contribution is 6.22. The molecule has 1 atom stereocenters. The lowest BCUT2D eigenvalue weighted by molar-refractivity contribution is -0.123. The average Bonchev–Trinajstić information content (AvgIpc) is 3.26. The third-order valence-corrected chi connectivity index (χ3v) is 6.62. The molecule has 2 aliphatic heterocycles. The van der Waals surface area contributed by atoms with E-state index < -0.39 is 18.6 Å². The van der Waals surface area contributed by atoms with E-state index in [1.807, 2.05) is 47.4 Å². The fourth-order valence-corrected chi connectivity index (χ4v) is 4.59. The number of esters is 1. The molecule has 8 heteroatoms. The maximum Gasteiger partial charge on any atom is 0.338 e. The number of anilines is 1. The Morgan fingerprint density at radius 1 is 0.811 bits per heavy atom. The number of carbonyl (C=O) groups is 4. The van der Waals surface area contributed by atoms with Gasteiger partial charge in [-0.15, -0.1) is 0 Å². The van der Waals surface area contributed by atoms with Crippen molar-refractivity contribution in [2.24, 2.45) is 0 Å². The summed E-state index contributed by atoms with van der Waals surface area (Å²) in [5.41, 5.74) is 3.10. The monoisotopic (exact) mass is 498 g/mol. The zero-order chi connectivity index (χ0) is 25.8. The van der Waals surface area contributed by atoms with Gasteiger partial charge in [0.25, 0.3) is 5.91 Å². The minimum Gasteiger partial charge on any atom is -0.454 e. The number of hydrogen-bond acceptors (Lipinski definition) is 7. The summed E-state index contributed by atoms with van der Waals surface area (Å²) in [5, 5.41) is 0. The first-order valence-electron chi connectivity index (χ1n) is 12.2. The van der Waals surface area contributed by atoms with Crippen LogP contribution >= 0.6 is 0 Å². The van der Waals surface area contributed by atoms with E-state index in [9.17, 15) is 19.2 Å². The number of amides is 2. The molecular formula is C29H26N2O6. The molecule has 0 aromatic heterocycles. The number of Topliss-reactive ketones (excluding diaryl/α,β-unsaturated/α-hetero) is 1. The van der Waals surface area contributed by atoms with Gasteiger partial charge in [-0.25, -0.2) is 9.69 Å². The van der Waals surface area contributed by atoms with Gasteiger partial charge in [0.2, 0.25) is 5.91 Å². The van der Waals surface area contributed by atoms with Crippen molar-refractivity contribution in [2.45, 2.75) is 12.5 Å². The van der Waals surface area contributed by atoms with Crippen molar-refractivity contribution in [1.82, 2.24) is 4.90 Å². The summed E-state index contributed by atoms with van der Waals surface area (Å²) in [5.74, 6) is -1.52. The maximum absolute atomic E-state index is 12.9. The molecule has 0 bridgehead atoms. The largest absolute Gasteiger partial charge is 0.454 e. The van der Waals surface area contributed by atoms with Crippen molar-refractivity contribution >= 4 is 29.3 Å². The third-order valence-electron chi connectivity index (χ3n) is 6.62. The SMILES string of the molecule is O=C(COC(=O)c1ccc(N2C(=O)CC(N3CCOCC3)C2=O)cc1)c1ccc(-c2ccccc2)cc1. The molecular weight excluding hydrogens is 472 g/mol. The normalized spacial score (nSPS) is 18.2. The number of ketones is 1. The number of nitrogens with zero attached hydrogens (tertiary/aromatic N) is 2. The van der Waals surface area contributed by atoms with E-state index in [0.29, 0.717) is 37.6 Å². The lowest BCUT2D eigenvalue weighted by Gasteiger charge is -2.30. The molecule has 5 rings (SSSR count). The van der Waals surface area contributed by atoms with Gasteiger partial charge < -0.3 is 9.47 Å². The van der Waals surface area contributed by atoms with E-state index in [2.05, 4.69) is 0 Å². The number of morpholine rings is 1. The first-order chi connectivity index (χ1) is 18.0. The Morgan fingerprint density at radius 2 is 1.43 bits per heavy atom. The van der Waals surface area contributed by atoms with Crippen LogP contribution in [0.5, 0.6) is 0 Å². The van der Waals surface area contributed by atoms with Gasteiger partial charge in [-0.2, -0.15) is 0 Å². The Balaban J connectivity index is 1.17. The number of benzene rings is 3. The molecule has 2 saturated heterocycles. The second-order valence-corrected chi connectivity index (χ2v) is 8.93. The summed E-state index contributed by atoms with van der Waals surface area (Å²) < 4.78 is 10.5. The molecule has 2 fully saturated rings. The van der Waals surface area contributed by atoms with Gasteiger partial charge in [-0.1, -0.05) is 54.6 Å². The topological polar surface area (TPSA) is 93.2 Å². The molecule has 0 spiro atoms. The number of ether oxygens (including phenoxy) is 2. The van der Waals surface area contributed by atoms with Crippen molar-refractivity contribution in [1.29, 1.82) is 0 Å². The zero-order valence-corrected chi connectivity index (χ0v) is 20.2. The molecule has 3 aromatic rings. The van der Waals surface area contributed by atoms with Crippen LogP contribution in [0.15, 0.2) is 78.9 Å². The number of carbonyl (C=O) groups excluding carboxylic acids is 4. The van der Waals surface area contributed by atoms with Gasteiger partial charge in [-0.3, -0.25) is 19.3 Å². The third kappa shape index (κ3) is 5.35. The van der Waals surface area contributed by atoms with Crippen LogP contribution in [-0.4, -0.2) is 67.4 Å². The summed E-state index contributed by atoms with van der Waals surface area (Å²) in [6.07, 6.45) is 0.122. The van der Waals surface area contributed by atoms with Crippen LogP contribution in [0, 0.1) is 0 Å². The van der Waals surface area contributed by atoms with Gasteiger partial charge in [-0.05, 0) is 35.4 Å². The van der Waals surface area contributed by atoms with E-state index in [-0.39, 0.29) is 29.6 Å². The summed E-state index contributed by atoms with van der Waals surface area (Å²) in [6, 6.07) is 22.5. The number of hydrogen-bond donors (Lipinski definition) is 0. The Labute approximate surface area is 214 Å². The molecule has 8 nitrogen and oxygen atoms in total. The molecule has 0 aliphatic carbocycles. The van der Waals surface area contributed by atoms with E-state index in [0.717, 1.165) is 16.0 Å². The molecule has 0 N–H and O–H groups in total. The van der Waals surface area contributed by atoms with Gasteiger partial charge in [0.1, 0.15) is 0 Å². The van der Waals surface area contributed by atoms with Crippen LogP contribution in [-0.2, 0) is 19.1 Å². The summed E-state index contributed by atoms with van der Waals surface area (Å²) >= 11 is 0. The predicted molar refractivity (Wildman–Crippen MR) is 136 cm³/mol. The molecule has 2 heterocycles. The van der Waals surface area contributed by atoms with E-state index in [4.69, 9.17) is 9.47 Å². The minimum atomic E-state index is -0.661. The highest BCUT2D eigenvalue weighted by Gasteiger charge is 2.43. The van der Waals surface area contributed by atoms with Crippen LogP contribution in [0.1, 0.15) is 27.1 Å². The van der Waals surface area contributed by atoms with Crippen molar-refractivity contribution in [3.8, 4) is 11.1 Å². The molecule has 37 heavy (non-hydrogen) atoms. The number of rotatable bonds is 7. The first kappa shape index (κ1) is 24.5. The van der Waals surface area contributed by atoms with Gasteiger partial charge >= 0.3 is 5.97 Å². The summed E-state index contributed by atoms with van der Waals surface area (Å²) in [7, 11) is 0. The van der Waals surface area contributed by atoms with E-state index >= 15 is 0 Å². The molecule has 1 unspecified atom stereocenters. The quantitative estimate of drug-likeness (QED) is 0.280. The molecule has 2 amide bonds. The van der Waals surface area contributed by atoms with Crippen molar-refractivity contribution in [2.75, 3.05) is 37.8 Å². The predicted octanol–water partition coefficient (Wildman–Crippen LogP) is 3.36. The lowest BCUT2D eigenvalue weighted by atomic mass is 10.0. The van der Waals surface area contributed by atoms with E-state index in [1.165, 1.54) is 24.3 Å². The fourth-order valence-electron chi connectivity index (χ4n) is 4.59. The Morgan fingerprint density at radius 3 is 2.11 bits per heavy atom. The molecule has 3 aromatic carbocycles. The van der Waals surface area contributed by atoms with Gasteiger partial charge in [0.15, 0.2) is 12.4 Å². The second kappa shape index (κ2) is 10.9. The van der Waals surface area contributed by atoms with Crippen LogP contribution in [0.3, 0.4) is 0 Å². The van der Waals surface area contributed by atoms with E-state index in [1.54, 1.807) is 12.1 Å². The van der Waals surface area contributed by atoms with Gasteiger partial charge in [0.05, 0.1) is 36.9 Å². The maximum atomic E-state index is 12.9. The first-order valence-corrected chi connectivity index (χ1v) is 12.2. The Kier molecular flexibility index (Phi) is 7.20. The Hall–Kier alpha value is -4.14. The second-order valence-electron chi connectivity index (χ2n) is 8.93. The molecule has 0 radical (unpaired) electrons. The highest BCUT2D eigenvalue weighted by Crippen LogP contribution is 2.27. The summed E-state index contributed by atoms with van der Waals surface area (Å²) in [6.45, 7) is 1.90. The van der Waals surface area contributed by atoms with Gasteiger partial charge in [0, 0.05) is 18.7 Å². The highest BCUT2D eigenvalue weighted by atomic mass is 16.5.